The zero-order valence-corrected chi connectivity index (χ0v) is 37.3. The number of hydrogen-bond donors (Lipinski definition) is 14. The van der Waals surface area contributed by atoms with Crippen LogP contribution in [0.1, 0.15) is 0 Å². The molecule has 0 unspecified atom stereocenters. The molecule has 0 fully saturated rings. The summed E-state index contributed by atoms with van der Waals surface area (Å²) in [6, 6.07) is 5.67. The molecule has 0 radical (unpaired) electrons. The van der Waals surface area contributed by atoms with Crippen LogP contribution in [-0.2, 0) is 58.1 Å². The summed E-state index contributed by atoms with van der Waals surface area (Å²) in [4.78, 5) is -0.736. The molecule has 4 rings (SSSR count). The summed E-state index contributed by atoms with van der Waals surface area (Å²) in [6.07, 6.45) is 0. The van der Waals surface area contributed by atoms with Gasteiger partial charge >= 0.3 is 10.4 Å². The van der Waals surface area contributed by atoms with E-state index in [1.165, 1.54) is 0 Å². The van der Waals surface area contributed by atoms with E-state index < -0.39 is 168 Å². The Hall–Kier alpha value is -3.50. The number of nitrogens with two attached hydrogens (primary N) is 1. The fraction of sp³-hybridized carbons (Fsp3) is 0.154. The van der Waals surface area contributed by atoms with E-state index in [-0.39, 0.29) is 4.90 Å². The van der Waals surface area contributed by atoms with E-state index in [1.807, 2.05) is 0 Å². The van der Waals surface area contributed by atoms with Crippen LogP contribution in [0.5, 0.6) is 5.75 Å². The highest BCUT2D eigenvalue weighted by Crippen LogP contribution is 2.57. The fourth-order valence-corrected chi connectivity index (χ4v) is 9.91. The number of nitrogens with zero attached hydrogens (tertiary/aromatic N) is 4. The van der Waals surface area contributed by atoms with Crippen LogP contribution < -0.4 is 5.73 Å². The largest absolute Gasteiger partial charge is 0.505 e. The van der Waals surface area contributed by atoms with E-state index in [2.05, 4.69) is 33.7 Å². The van der Waals surface area contributed by atoms with Crippen molar-refractivity contribution in [2.24, 2.45) is 20.5 Å². The van der Waals surface area contributed by atoms with Crippen molar-refractivity contribution < 1.29 is 111 Å². The van der Waals surface area contributed by atoms with Crippen molar-refractivity contribution in [1.29, 1.82) is 0 Å². The Labute approximate surface area is 369 Å². The Morgan fingerprint density at radius 1 is 0.578 bits per heavy atom. The van der Waals surface area contributed by atoms with Crippen molar-refractivity contribution in [1.82, 2.24) is 0 Å². The molecule has 0 aromatic heterocycles. The number of benzene rings is 4. The lowest BCUT2D eigenvalue weighted by Crippen LogP contribution is -2.15. The van der Waals surface area contributed by atoms with Crippen molar-refractivity contribution in [2.75, 3.05) is 31.3 Å². The molecule has 0 saturated carbocycles. The molecule has 30 nitrogen and oxygen atoms in total. The Morgan fingerprint density at radius 3 is 1.67 bits per heavy atom. The van der Waals surface area contributed by atoms with Gasteiger partial charge in [-0.2, -0.15) is 29.6 Å². The first kappa shape index (κ1) is 53.1. The number of sulfone groups is 1. The molecule has 38 heteroatoms. The van der Waals surface area contributed by atoms with Gasteiger partial charge in [-0.25, -0.2) is 17.5 Å². The van der Waals surface area contributed by atoms with Crippen molar-refractivity contribution in [3.05, 3.63) is 48.5 Å². The summed E-state index contributed by atoms with van der Waals surface area (Å²) in [7, 11) is -30.2. The number of phenols is 1. The summed E-state index contributed by atoms with van der Waals surface area (Å²) in [5, 5.41) is 24.4. The second kappa shape index (κ2) is 19.8. The molecule has 15 N–H and O–H groups in total. The monoisotopic (exact) mass is 1070 g/mol. The van der Waals surface area contributed by atoms with Crippen molar-refractivity contribution in [2.45, 2.75) is 29.4 Å². The van der Waals surface area contributed by atoms with Gasteiger partial charge in [-0.15, -0.1) is 20.5 Å². The van der Waals surface area contributed by atoms with Gasteiger partial charge in [0, 0.05) is 4.90 Å². The lowest BCUT2D eigenvalue weighted by Gasteiger charge is -2.23. The summed E-state index contributed by atoms with van der Waals surface area (Å²) in [5.41, 5.74) is 1.49. The molecule has 358 valence electrons. The number of fused-ring (bicyclic) bond motifs is 1. The molecule has 64 heavy (non-hydrogen) atoms. The highest BCUT2D eigenvalue weighted by Gasteiger charge is 2.31. The first-order valence-corrected chi connectivity index (χ1v) is 26.8. The minimum Gasteiger partial charge on any atom is -0.505 e. The average Bonchev–Trinajstić information content (AvgIpc) is 3.12. The molecule has 0 aliphatic heterocycles. The van der Waals surface area contributed by atoms with Crippen molar-refractivity contribution in [3.8, 4) is 5.75 Å². The predicted octanol–water partition coefficient (Wildman–Crippen LogP) is 6.32. The van der Waals surface area contributed by atoms with Crippen LogP contribution in [0.4, 0.5) is 28.4 Å². The van der Waals surface area contributed by atoms with Gasteiger partial charge in [0.1, 0.15) is 60.9 Å². The number of aromatic hydroxyl groups is 1. The Morgan fingerprint density at radius 2 is 1.12 bits per heavy atom. The minimum atomic E-state index is -5.46. The average molecular weight is 1070 g/mol. The third-order valence-electron chi connectivity index (χ3n) is 7.37. The standard InChI is InChI=1S/C26H31N5O25S8/c27-23-22-13(9-20(61(41,42)43)24(23)30-28-17-4-2-15(12-19(17)60(38,39)40)58(33,34)8-7-55-64(50,51)52)10-21(62(44,45)46)25(26(22)32)31-29-16-3-1-14(11-18(16)59(35,36)37)57-56-53-5-6-54-63(47,48)49/h1-4,9-12,32,38-40,44-49H,5-8,27H2,(H,35,36,37)(H,41,42,43)(H,50,51,52). The molecule has 0 atom stereocenters. The topological polar surface area (TPSA) is 512 Å². The number of nitrogen functional groups attached to an aromatic ring is 1. The predicted molar refractivity (Wildman–Crippen MR) is 222 cm³/mol. The Kier molecular flexibility index (Phi) is 16.4. The van der Waals surface area contributed by atoms with Crippen LogP contribution in [0.2, 0.25) is 0 Å². The summed E-state index contributed by atoms with van der Waals surface area (Å²) >= 11 is -3.95. The van der Waals surface area contributed by atoms with Crippen LogP contribution >= 0.6 is 44.9 Å². The van der Waals surface area contributed by atoms with Gasteiger partial charge in [0.05, 0.1) is 56.8 Å². The van der Waals surface area contributed by atoms with Gasteiger partial charge in [-0.3, -0.25) is 31.5 Å². The quantitative estimate of drug-likeness (QED) is 0.00875. The summed E-state index contributed by atoms with van der Waals surface area (Å²) in [6.45, 7) is -2.17. The van der Waals surface area contributed by atoms with E-state index in [0.717, 1.165) is 24.3 Å². The molecule has 0 aliphatic carbocycles. The third-order valence-corrected chi connectivity index (χ3v) is 14.2. The molecule has 4 aromatic rings. The van der Waals surface area contributed by atoms with Gasteiger partial charge in [-0.1, -0.05) is 0 Å². The zero-order chi connectivity index (χ0) is 48.4. The van der Waals surface area contributed by atoms with Gasteiger partial charge in [0.2, 0.25) is 11.2 Å². The van der Waals surface area contributed by atoms with Crippen molar-refractivity contribution in [3.63, 3.8) is 0 Å². The number of anilines is 1. The third kappa shape index (κ3) is 14.3. The summed E-state index contributed by atoms with van der Waals surface area (Å²) < 4.78 is 225. The molecular formula is C26H31N5O25S8. The maximum Gasteiger partial charge on any atom is 0.397 e. The minimum absolute atomic E-state index is 0.108. The molecule has 0 heterocycles. The zero-order valence-electron chi connectivity index (χ0n) is 30.8. The lowest BCUT2D eigenvalue weighted by atomic mass is 10.1. The highest BCUT2D eigenvalue weighted by atomic mass is 32.3. The first-order chi connectivity index (χ1) is 29.1. The van der Waals surface area contributed by atoms with Crippen LogP contribution in [0, 0.1) is 0 Å². The number of azo groups is 2. The normalized spacial score (nSPS) is 14.5. The maximum absolute atomic E-state index is 12.7. The number of rotatable bonds is 20. The van der Waals surface area contributed by atoms with E-state index >= 15 is 0 Å². The Bertz CT molecular complexity index is 2950. The molecule has 4 aromatic carbocycles. The molecule has 0 amide bonds. The molecule has 0 aliphatic rings. The number of hydrogen-bond acceptors (Lipinski definition) is 28. The molecule has 0 bridgehead atoms. The second-order valence-corrected chi connectivity index (χ2v) is 22.7. The van der Waals surface area contributed by atoms with E-state index in [1.54, 1.807) is 0 Å². The Balaban J connectivity index is 1.85. The highest BCUT2D eigenvalue weighted by molar-refractivity contribution is 8.19. The second-order valence-electron chi connectivity index (χ2n) is 11.8. The van der Waals surface area contributed by atoms with Gasteiger partial charge in [0.25, 0.3) is 20.2 Å². The van der Waals surface area contributed by atoms with Gasteiger partial charge in [0.15, 0.2) is 15.6 Å². The van der Waals surface area contributed by atoms with E-state index in [9.17, 15) is 75.2 Å². The van der Waals surface area contributed by atoms with Crippen LogP contribution in [-0.4, -0.2) is 119 Å². The molecular weight excluding hydrogens is 1040 g/mol. The molecule has 0 spiro atoms. The number of phenolic OH excluding ortho intramolecular Hbond substituents is 1. The van der Waals surface area contributed by atoms with E-state index in [0.29, 0.717) is 36.3 Å². The molecule has 0 saturated heterocycles. The first-order valence-electron chi connectivity index (χ1n) is 15.8. The van der Waals surface area contributed by atoms with Crippen LogP contribution in [0.25, 0.3) is 10.8 Å². The lowest BCUT2D eigenvalue weighted by molar-refractivity contribution is -0.195. The van der Waals surface area contributed by atoms with E-state index in [4.69, 9.17) is 28.3 Å². The van der Waals surface area contributed by atoms with Crippen molar-refractivity contribution >= 4 is 125 Å². The van der Waals surface area contributed by atoms with Gasteiger partial charge in [-0.05, 0) is 53.9 Å². The smallest absolute Gasteiger partial charge is 0.397 e. The van der Waals surface area contributed by atoms with Crippen LogP contribution in [0.15, 0.2) is 98.4 Å². The summed E-state index contributed by atoms with van der Waals surface area (Å²) in [5.74, 6) is -2.40. The van der Waals surface area contributed by atoms with Gasteiger partial charge < -0.3 is 38.2 Å². The SMILES string of the molecule is Nc1c(N=Nc2ccc(S(=O)(=O)CCOS(=O)(=O)O)cc2S(O)(O)O)c(S(=O)(=O)O)cc2cc(S(O)(O)O)c(N=Nc3ccc(SOOCCOS(O)(O)O)cc3S(=O)(=O)O)c(O)c12. The van der Waals surface area contributed by atoms with Crippen LogP contribution in [0.3, 0.4) is 0 Å². The maximum atomic E-state index is 12.7. The fourth-order valence-electron chi connectivity index (χ4n) is 4.79.